The Balaban J connectivity index is 1.97. The van der Waals surface area contributed by atoms with Gasteiger partial charge < -0.3 is 14.5 Å². The first-order chi connectivity index (χ1) is 12.5. The molecule has 152 valence electrons. The van der Waals surface area contributed by atoms with Crippen LogP contribution < -0.4 is 0 Å². The Labute approximate surface area is 164 Å². The van der Waals surface area contributed by atoms with Crippen molar-refractivity contribution < 1.29 is 14.3 Å². The van der Waals surface area contributed by atoms with Crippen molar-refractivity contribution in [2.24, 2.45) is 10.8 Å². The highest BCUT2D eigenvalue weighted by atomic mass is 16.5. The number of rotatable bonds is 3. The molecule has 5 heteroatoms. The molecule has 0 atom stereocenters. The van der Waals surface area contributed by atoms with Crippen LogP contribution >= 0.6 is 0 Å². The van der Waals surface area contributed by atoms with Crippen molar-refractivity contribution in [2.75, 3.05) is 32.8 Å². The van der Waals surface area contributed by atoms with Gasteiger partial charge in [-0.05, 0) is 46.0 Å². The first kappa shape index (κ1) is 21.8. The smallest absolute Gasteiger partial charge is 0.298 e. The van der Waals surface area contributed by atoms with Gasteiger partial charge in [-0.25, -0.2) is 0 Å². The third kappa shape index (κ3) is 5.72. The molecule has 1 spiro atoms. The van der Waals surface area contributed by atoms with Gasteiger partial charge in [0.25, 0.3) is 5.91 Å². The Bertz CT molecular complexity index is 614. The van der Waals surface area contributed by atoms with Crippen LogP contribution in [-0.2, 0) is 14.3 Å². The zero-order valence-corrected chi connectivity index (χ0v) is 18.0. The first-order valence-corrected chi connectivity index (χ1v) is 10.2. The summed E-state index contributed by atoms with van der Waals surface area (Å²) >= 11 is 0. The molecule has 2 amide bonds. The number of ether oxygens (including phenoxy) is 1. The average molecular weight is 377 g/mol. The minimum absolute atomic E-state index is 0.116. The van der Waals surface area contributed by atoms with Gasteiger partial charge in [0.2, 0.25) is 5.91 Å². The molecule has 0 aromatic carbocycles. The summed E-state index contributed by atoms with van der Waals surface area (Å²) in [4.78, 5) is 29.1. The second-order valence-electron chi connectivity index (χ2n) is 9.68. The lowest BCUT2D eigenvalue weighted by molar-refractivity contribution is -0.163. The topological polar surface area (TPSA) is 49.9 Å². The summed E-state index contributed by atoms with van der Waals surface area (Å²) in [5.74, 6) is 5.94. The zero-order valence-electron chi connectivity index (χ0n) is 18.0. The molecule has 2 fully saturated rings. The number of hydrogen-bond donors (Lipinski definition) is 0. The van der Waals surface area contributed by atoms with Crippen LogP contribution in [0, 0.1) is 22.7 Å². The number of carbonyl (C=O) groups is 2. The Morgan fingerprint density at radius 2 is 1.67 bits per heavy atom. The molecule has 27 heavy (non-hydrogen) atoms. The molecule has 2 saturated heterocycles. The molecule has 2 aliphatic rings. The predicted molar refractivity (Wildman–Crippen MR) is 107 cm³/mol. The molecule has 2 heterocycles. The lowest BCUT2D eigenvalue weighted by Gasteiger charge is -2.47. The van der Waals surface area contributed by atoms with E-state index < -0.39 is 0 Å². The van der Waals surface area contributed by atoms with Gasteiger partial charge >= 0.3 is 0 Å². The number of likely N-dealkylation sites (tertiary alicyclic amines) is 1. The van der Waals surface area contributed by atoms with Gasteiger partial charge in [0, 0.05) is 30.5 Å². The number of nitrogens with zero attached hydrogens (tertiary/aromatic N) is 2. The second kappa shape index (κ2) is 8.22. The molecule has 0 bridgehead atoms. The van der Waals surface area contributed by atoms with Crippen LogP contribution in [0.5, 0.6) is 0 Å². The Morgan fingerprint density at radius 3 is 2.22 bits per heavy atom. The van der Waals surface area contributed by atoms with Crippen molar-refractivity contribution in [3.63, 3.8) is 0 Å². The summed E-state index contributed by atoms with van der Waals surface area (Å²) < 4.78 is 6.11. The van der Waals surface area contributed by atoms with E-state index in [9.17, 15) is 9.59 Å². The molecule has 0 saturated carbocycles. The van der Waals surface area contributed by atoms with Crippen LogP contribution in [0.25, 0.3) is 0 Å². The van der Waals surface area contributed by atoms with Crippen LogP contribution in [-0.4, -0.2) is 60.0 Å². The van der Waals surface area contributed by atoms with Gasteiger partial charge in [0.15, 0.2) is 0 Å². The number of hydrogen-bond acceptors (Lipinski definition) is 3. The summed E-state index contributed by atoms with van der Waals surface area (Å²) in [5.41, 5.74) is -0.823. The zero-order chi connectivity index (χ0) is 20.3. The molecular formula is C22H36N2O3. The third-order valence-electron chi connectivity index (χ3n) is 5.50. The highest BCUT2D eigenvalue weighted by Gasteiger charge is 2.43. The second-order valence-corrected chi connectivity index (χ2v) is 9.68. The Hall–Kier alpha value is -1.54. The van der Waals surface area contributed by atoms with E-state index in [1.807, 2.05) is 44.4 Å². The molecule has 0 radical (unpaired) electrons. The van der Waals surface area contributed by atoms with E-state index in [1.165, 1.54) is 0 Å². The molecule has 0 unspecified atom stereocenters. The lowest BCUT2D eigenvalue weighted by Crippen LogP contribution is -2.59. The van der Waals surface area contributed by atoms with Crippen molar-refractivity contribution >= 4 is 11.8 Å². The summed E-state index contributed by atoms with van der Waals surface area (Å²) in [6, 6.07) is 0. The van der Waals surface area contributed by atoms with Gasteiger partial charge in [-0.1, -0.05) is 33.1 Å². The molecule has 2 rings (SSSR count). The van der Waals surface area contributed by atoms with Crippen LogP contribution in [0.1, 0.15) is 67.2 Å². The van der Waals surface area contributed by atoms with Crippen molar-refractivity contribution in [2.45, 2.75) is 72.8 Å². The van der Waals surface area contributed by atoms with Gasteiger partial charge in [0.1, 0.15) is 0 Å². The minimum atomic E-state index is -0.330. The fourth-order valence-corrected chi connectivity index (χ4v) is 3.92. The quantitative estimate of drug-likeness (QED) is 0.711. The summed E-state index contributed by atoms with van der Waals surface area (Å²) in [7, 11) is 0. The van der Waals surface area contributed by atoms with Crippen molar-refractivity contribution in [3.05, 3.63) is 0 Å². The molecular weight excluding hydrogens is 340 g/mol. The van der Waals surface area contributed by atoms with Gasteiger partial charge in [-0.15, -0.1) is 0 Å². The van der Waals surface area contributed by atoms with E-state index in [-0.39, 0.29) is 28.2 Å². The van der Waals surface area contributed by atoms with Gasteiger partial charge in [-0.2, -0.15) is 0 Å². The van der Waals surface area contributed by atoms with Crippen LogP contribution in [0.2, 0.25) is 0 Å². The molecule has 0 N–H and O–H groups in total. The fraction of sp³-hybridized carbons (Fsp3) is 0.818. The Morgan fingerprint density at radius 1 is 1.04 bits per heavy atom. The highest BCUT2D eigenvalue weighted by molar-refractivity contribution is 5.93. The predicted octanol–water partition coefficient (Wildman–Crippen LogP) is 3.08. The summed E-state index contributed by atoms with van der Waals surface area (Å²) in [6.07, 6.45) is 3.46. The van der Waals surface area contributed by atoms with E-state index in [0.29, 0.717) is 32.8 Å². The lowest BCUT2D eigenvalue weighted by atomic mass is 9.84. The normalized spacial score (nSPS) is 20.2. The third-order valence-corrected chi connectivity index (χ3v) is 5.50. The number of amides is 2. The molecule has 0 aliphatic carbocycles. The average Bonchev–Trinajstić information content (AvgIpc) is 2.59. The van der Waals surface area contributed by atoms with E-state index >= 15 is 0 Å². The maximum absolute atomic E-state index is 12.8. The van der Waals surface area contributed by atoms with Crippen molar-refractivity contribution in [1.82, 2.24) is 9.80 Å². The van der Waals surface area contributed by atoms with Gasteiger partial charge in [-0.3, -0.25) is 9.59 Å². The monoisotopic (exact) mass is 376 g/mol. The van der Waals surface area contributed by atoms with Crippen molar-refractivity contribution in [3.8, 4) is 11.8 Å². The van der Waals surface area contributed by atoms with Crippen LogP contribution in [0.15, 0.2) is 0 Å². The number of piperidine rings is 1. The van der Waals surface area contributed by atoms with Gasteiger partial charge in [0.05, 0.1) is 18.8 Å². The maximum Gasteiger partial charge on any atom is 0.298 e. The van der Waals surface area contributed by atoms with E-state index in [1.54, 1.807) is 0 Å². The summed E-state index contributed by atoms with van der Waals surface area (Å²) in [6.45, 7) is 15.3. The van der Waals surface area contributed by atoms with E-state index in [2.05, 4.69) is 18.8 Å². The fourth-order valence-electron chi connectivity index (χ4n) is 3.92. The molecule has 0 aromatic heterocycles. The number of carbonyl (C=O) groups excluding carboxylic acids is 2. The SMILES string of the molecule is CCCC(C)(C)C(=O)N1CCC2(CC1)CN(C(=O)C#CC(C)(C)C)CCO2. The molecule has 0 aromatic rings. The van der Waals surface area contributed by atoms with E-state index in [0.717, 1.165) is 25.7 Å². The molecule has 2 aliphatic heterocycles. The maximum atomic E-state index is 12.8. The first-order valence-electron chi connectivity index (χ1n) is 10.2. The summed E-state index contributed by atoms with van der Waals surface area (Å²) in [5, 5.41) is 0. The Kier molecular flexibility index (Phi) is 6.63. The minimum Gasteiger partial charge on any atom is -0.371 e. The number of morpholine rings is 1. The standard InChI is InChI=1S/C22H36N2O3/c1-7-9-21(5,6)19(26)23-13-11-22(12-14-23)17-24(15-16-27-22)18(25)8-10-20(2,3)4/h7,9,11-17H2,1-6H3. The largest absolute Gasteiger partial charge is 0.371 e. The molecule has 5 nitrogen and oxygen atoms in total. The van der Waals surface area contributed by atoms with Crippen LogP contribution in [0.4, 0.5) is 0 Å². The van der Waals surface area contributed by atoms with Crippen molar-refractivity contribution in [1.29, 1.82) is 0 Å². The van der Waals surface area contributed by atoms with Crippen LogP contribution in [0.3, 0.4) is 0 Å². The highest BCUT2D eigenvalue weighted by Crippen LogP contribution is 2.33. The van der Waals surface area contributed by atoms with E-state index in [4.69, 9.17) is 4.74 Å².